The average Bonchev–Trinajstić information content (AvgIpc) is 2.66. The van der Waals surface area contributed by atoms with Crippen molar-refractivity contribution in [1.29, 1.82) is 0 Å². The van der Waals surface area contributed by atoms with E-state index in [4.69, 9.17) is 11.6 Å². The van der Waals surface area contributed by atoms with E-state index in [1.165, 1.54) is 5.56 Å². The number of hydrogen-bond acceptors (Lipinski definition) is 2. The molecule has 0 atom stereocenters. The molecule has 4 heteroatoms. The molecule has 0 aliphatic rings. The molecule has 2 aromatic rings. The molecule has 84 valence electrons. The Hall–Kier alpha value is -1.48. The van der Waals surface area contributed by atoms with Crippen molar-refractivity contribution in [2.24, 2.45) is 7.05 Å². The van der Waals surface area contributed by atoms with E-state index in [1.54, 1.807) is 6.20 Å². The van der Waals surface area contributed by atoms with Gasteiger partial charge in [0.2, 0.25) is 0 Å². The number of nitrogens with zero attached hydrogens (tertiary/aromatic N) is 2. The molecule has 0 fully saturated rings. The summed E-state index contributed by atoms with van der Waals surface area (Å²) in [7, 11) is 1.93. The van der Waals surface area contributed by atoms with Crippen LogP contribution in [0.4, 0.5) is 5.69 Å². The van der Waals surface area contributed by atoms with Gasteiger partial charge in [-0.15, -0.1) is 0 Å². The minimum atomic E-state index is 0.722. The molecule has 0 amide bonds. The summed E-state index contributed by atoms with van der Waals surface area (Å²) in [6.45, 7) is 2.77. The van der Waals surface area contributed by atoms with Crippen LogP contribution in [0.3, 0.4) is 0 Å². The minimum Gasteiger partial charge on any atom is -0.378 e. The molecule has 0 saturated heterocycles. The average molecular weight is 236 g/mol. The molecule has 0 radical (unpaired) electrons. The molecule has 16 heavy (non-hydrogen) atoms. The Morgan fingerprint density at radius 3 is 2.88 bits per heavy atom. The van der Waals surface area contributed by atoms with E-state index in [0.717, 1.165) is 22.9 Å². The van der Waals surface area contributed by atoms with Crippen molar-refractivity contribution < 1.29 is 0 Å². The van der Waals surface area contributed by atoms with Crippen molar-refractivity contribution in [2.75, 3.05) is 5.32 Å². The lowest BCUT2D eigenvalue weighted by atomic mass is 10.2. The van der Waals surface area contributed by atoms with Gasteiger partial charge in [-0.1, -0.05) is 17.7 Å². The van der Waals surface area contributed by atoms with Crippen LogP contribution in [0, 0.1) is 6.92 Å². The number of rotatable bonds is 3. The van der Waals surface area contributed by atoms with Gasteiger partial charge in [-0.2, -0.15) is 5.10 Å². The maximum atomic E-state index is 6.09. The Balaban J connectivity index is 2.10. The molecule has 2 rings (SSSR count). The number of hydrogen-bond donors (Lipinski definition) is 1. The third kappa shape index (κ3) is 2.36. The van der Waals surface area contributed by atoms with E-state index in [9.17, 15) is 0 Å². The molecule has 1 aromatic carbocycles. The predicted octanol–water partition coefficient (Wildman–Crippen LogP) is 2.99. The summed E-state index contributed by atoms with van der Waals surface area (Å²) >= 11 is 6.09. The lowest BCUT2D eigenvalue weighted by Gasteiger charge is -2.09. The Morgan fingerprint density at radius 2 is 2.19 bits per heavy atom. The molecule has 0 saturated carbocycles. The molecule has 0 aliphatic carbocycles. The van der Waals surface area contributed by atoms with E-state index in [2.05, 4.69) is 10.4 Å². The van der Waals surface area contributed by atoms with Crippen molar-refractivity contribution in [2.45, 2.75) is 13.5 Å². The summed E-state index contributed by atoms with van der Waals surface area (Å²) in [5.74, 6) is 0. The van der Waals surface area contributed by atoms with Crippen molar-refractivity contribution in [3.8, 4) is 0 Å². The van der Waals surface area contributed by atoms with Crippen molar-refractivity contribution in [3.63, 3.8) is 0 Å². The molecular weight excluding hydrogens is 222 g/mol. The Kier molecular flexibility index (Phi) is 3.15. The van der Waals surface area contributed by atoms with Crippen LogP contribution in [0.5, 0.6) is 0 Å². The second-order valence-corrected chi connectivity index (χ2v) is 4.19. The van der Waals surface area contributed by atoms with Gasteiger partial charge >= 0.3 is 0 Å². The van der Waals surface area contributed by atoms with Gasteiger partial charge in [-0.25, -0.2) is 0 Å². The van der Waals surface area contributed by atoms with Crippen molar-refractivity contribution in [1.82, 2.24) is 9.78 Å². The second kappa shape index (κ2) is 4.58. The highest BCUT2D eigenvalue weighted by molar-refractivity contribution is 6.33. The third-order valence-electron chi connectivity index (χ3n) is 2.50. The van der Waals surface area contributed by atoms with Gasteiger partial charge in [-0.05, 0) is 30.7 Å². The number of anilines is 1. The zero-order valence-electron chi connectivity index (χ0n) is 9.37. The summed E-state index contributed by atoms with van der Waals surface area (Å²) in [6.07, 6.45) is 1.79. The number of nitrogens with one attached hydrogen (secondary N) is 1. The van der Waals surface area contributed by atoms with Crippen molar-refractivity contribution in [3.05, 3.63) is 46.7 Å². The lowest BCUT2D eigenvalue weighted by molar-refractivity contribution is 0.720. The standard InChI is InChI=1S/C12H14ClN3/c1-9-3-4-11(13)12(7-9)14-8-10-5-6-15-16(10)2/h3-7,14H,8H2,1-2H3. The van der Waals surface area contributed by atoms with Crippen LogP contribution < -0.4 is 5.32 Å². The monoisotopic (exact) mass is 235 g/mol. The fraction of sp³-hybridized carbons (Fsp3) is 0.250. The minimum absolute atomic E-state index is 0.722. The topological polar surface area (TPSA) is 29.9 Å². The van der Waals surface area contributed by atoms with E-state index >= 15 is 0 Å². The van der Waals surface area contributed by atoms with Crippen LogP contribution in [0.2, 0.25) is 5.02 Å². The Bertz CT molecular complexity index is 491. The Morgan fingerprint density at radius 1 is 1.38 bits per heavy atom. The largest absolute Gasteiger partial charge is 0.378 e. The maximum absolute atomic E-state index is 6.09. The van der Waals surface area contributed by atoms with Gasteiger partial charge in [0.15, 0.2) is 0 Å². The fourth-order valence-electron chi connectivity index (χ4n) is 1.54. The SMILES string of the molecule is Cc1ccc(Cl)c(NCc2ccnn2C)c1. The maximum Gasteiger partial charge on any atom is 0.0637 e. The van der Waals surface area contributed by atoms with E-state index in [0.29, 0.717) is 0 Å². The first kappa shape index (κ1) is 11.0. The van der Waals surface area contributed by atoms with Gasteiger partial charge < -0.3 is 5.32 Å². The highest BCUT2D eigenvalue weighted by atomic mass is 35.5. The van der Waals surface area contributed by atoms with E-state index < -0.39 is 0 Å². The van der Waals surface area contributed by atoms with Crippen LogP contribution >= 0.6 is 11.6 Å². The zero-order chi connectivity index (χ0) is 11.5. The van der Waals surface area contributed by atoms with Gasteiger partial charge in [0.25, 0.3) is 0 Å². The first-order valence-electron chi connectivity index (χ1n) is 5.14. The second-order valence-electron chi connectivity index (χ2n) is 3.78. The van der Waals surface area contributed by atoms with E-state index in [-0.39, 0.29) is 0 Å². The summed E-state index contributed by atoms with van der Waals surface area (Å²) in [6, 6.07) is 7.93. The molecular formula is C12H14ClN3. The van der Waals surface area contributed by atoms with Gasteiger partial charge in [0.1, 0.15) is 0 Å². The van der Waals surface area contributed by atoms with Crippen LogP contribution in [-0.4, -0.2) is 9.78 Å². The first-order valence-corrected chi connectivity index (χ1v) is 5.51. The first-order chi connectivity index (χ1) is 7.66. The van der Waals surface area contributed by atoms with Gasteiger partial charge in [0, 0.05) is 13.2 Å². The number of halogens is 1. The fourth-order valence-corrected chi connectivity index (χ4v) is 1.72. The Labute approximate surface area is 100 Å². The smallest absolute Gasteiger partial charge is 0.0637 e. The van der Waals surface area contributed by atoms with Crippen LogP contribution in [-0.2, 0) is 13.6 Å². The molecule has 0 aliphatic heterocycles. The number of aromatic nitrogens is 2. The van der Waals surface area contributed by atoms with Crippen LogP contribution in [0.15, 0.2) is 30.5 Å². The summed E-state index contributed by atoms with van der Waals surface area (Å²) in [4.78, 5) is 0. The van der Waals surface area contributed by atoms with Gasteiger partial charge in [-0.3, -0.25) is 4.68 Å². The predicted molar refractivity (Wildman–Crippen MR) is 66.7 cm³/mol. The summed E-state index contributed by atoms with van der Waals surface area (Å²) in [5.41, 5.74) is 3.28. The molecule has 1 aromatic heterocycles. The van der Waals surface area contributed by atoms with Crippen LogP contribution in [0.1, 0.15) is 11.3 Å². The highest BCUT2D eigenvalue weighted by Gasteiger charge is 2.02. The molecule has 0 bridgehead atoms. The number of benzene rings is 1. The number of aryl methyl sites for hydroxylation is 2. The normalized spacial score (nSPS) is 10.4. The van der Waals surface area contributed by atoms with E-state index in [1.807, 2.05) is 42.9 Å². The van der Waals surface area contributed by atoms with Crippen LogP contribution in [0.25, 0.3) is 0 Å². The molecule has 0 unspecified atom stereocenters. The molecule has 1 heterocycles. The quantitative estimate of drug-likeness (QED) is 0.887. The molecule has 1 N–H and O–H groups in total. The summed E-state index contributed by atoms with van der Waals surface area (Å²) in [5, 5.41) is 8.16. The van der Waals surface area contributed by atoms with Gasteiger partial charge in [0.05, 0.1) is 22.9 Å². The lowest BCUT2D eigenvalue weighted by Crippen LogP contribution is -2.05. The van der Waals surface area contributed by atoms with Crippen molar-refractivity contribution >= 4 is 17.3 Å². The third-order valence-corrected chi connectivity index (χ3v) is 2.83. The highest BCUT2D eigenvalue weighted by Crippen LogP contribution is 2.23. The molecule has 0 spiro atoms. The summed E-state index contributed by atoms with van der Waals surface area (Å²) < 4.78 is 1.84. The zero-order valence-corrected chi connectivity index (χ0v) is 10.1. The molecule has 3 nitrogen and oxygen atoms in total.